The van der Waals surface area contributed by atoms with Crippen molar-refractivity contribution in [2.24, 2.45) is 7.05 Å². The lowest BCUT2D eigenvalue weighted by molar-refractivity contribution is -0.116. The summed E-state index contributed by atoms with van der Waals surface area (Å²) in [5.41, 5.74) is 0.0795. The number of aromatic amines is 2. The van der Waals surface area contributed by atoms with E-state index in [2.05, 4.69) is 30.2 Å². The van der Waals surface area contributed by atoms with Gasteiger partial charge in [0.25, 0.3) is 5.56 Å². The molecule has 0 aromatic carbocycles. The molecule has 10 nitrogen and oxygen atoms in total. The second-order valence-electron chi connectivity index (χ2n) is 7.20. The maximum Gasteiger partial charge on any atom is 0.329 e. The molecule has 0 aliphatic carbocycles. The number of aromatic nitrogens is 5. The SMILES string of the molecule is Cn1c(=O)[nH]c(=O)c2[nH]c(CCC(=O)Nc3ccc(N4CCCCC4)nc3)nc21. The minimum atomic E-state index is -0.529. The van der Waals surface area contributed by atoms with Crippen molar-refractivity contribution >= 4 is 28.6 Å². The molecule has 1 amide bonds. The van der Waals surface area contributed by atoms with Gasteiger partial charge in [0.2, 0.25) is 5.91 Å². The molecule has 3 aromatic heterocycles. The lowest BCUT2D eigenvalue weighted by Crippen LogP contribution is -2.30. The molecule has 4 heterocycles. The van der Waals surface area contributed by atoms with E-state index in [4.69, 9.17) is 0 Å². The number of H-pyrrole nitrogens is 2. The van der Waals surface area contributed by atoms with Gasteiger partial charge in [-0.25, -0.2) is 14.8 Å². The van der Waals surface area contributed by atoms with Crippen LogP contribution in [0.15, 0.2) is 27.9 Å². The minimum absolute atomic E-state index is 0.180. The van der Waals surface area contributed by atoms with Gasteiger partial charge >= 0.3 is 5.69 Å². The Balaban J connectivity index is 1.37. The molecule has 3 aromatic rings. The number of pyridine rings is 1. The van der Waals surface area contributed by atoms with E-state index >= 15 is 0 Å². The van der Waals surface area contributed by atoms with Crippen LogP contribution in [0.3, 0.4) is 0 Å². The molecule has 0 saturated carbocycles. The minimum Gasteiger partial charge on any atom is -0.357 e. The average Bonchev–Trinajstić information content (AvgIpc) is 3.17. The van der Waals surface area contributed by atoms with E-state index in [1.165, 1.54) is 30.9 Å². The van der Waals surface area contributed by atoms with Crippen LogP contribution in [0.25, 0.3) is 11.2 Å². The molecule has 10 heteroatoms. The van der Waals surface area contributed by atoms with Gasteiger partial charge in [-0.3, -0.25) is 19.1 Å². The topological polar surface area (TPSA) is 129 Å². The quantitative estimate of drug-likeness (QED) is 0.587. The first kappa shape index (κ1) is 18.9. The predicted octanol–water partition coefficient (Wildman–Crippen LogP) is 0.906. The summed E-state index contributed by atoms with van der Waals surface area (Å²) in [6.45, 7) is 2.04. The Kier molecular flexibility index (Phi) is 5.15. The maximum absolute atomic E-state index is 12.3. The maximum atomic E-state index is 12.3. The zero-order valence-electron chi connectivity index (χ0n) is 16.2. The number of anilines is 2. The van der Waals surface area contributed by atoms with Crippen molar-refractivity contribution in [2.75, 3.05) is 23.3 Å². The van der Waals surface area contributed by atoms with Crippen LogP contribution in [0.1, 0.15) is 31.5 Å². The number of imidazole rings is 1. The van der Waals surface area contributed by atoms with Crippen molar-refractivity contribution in [3.8, 4) is 0 Å². The van der Waals surface area contributed by atoms with Crippen molar-refractivity contribution < 1.29 is 4.79 Å². The van der Waals surface area contributed by atoms with Crippen molar-refractivity contribution in [3.63, 3.8) is 0 Å². The van der Waals surface area contributed by atoms with Crippen LogP contribution in [0, 0.1) is 0 Å². The van der Waals surface area contributed by atoms with Crippen LogP contribution >= 0.6 is 0 Å². The summed E-state index contributed by atoms with van der Waals surface area (Å²) in [6.07, 6.45) is 5.79. The van der Waals surface area contributed by atoms with E-state index in [0.717, 1.165) is 18.9 Å². The molecule has 0 radical (unpaired) electrons. The van der Waals surface area contributed by atoms with E-state index in [1.807, 2.05) is 12.1 Å². The summed E-state index contributed by atoms with van der Waals surface area (Å²) >= 11 is 0. The Bertz CT molecular complexity index is 1140. The number of amides is 1. The fourth-order valence-electron chi connectivity index (χ4n) is 3.50. The van der Waals surface area contributed by atoms with Gasteiger partial charge in [0, 0.05) is 33.0 Å². The predicted molar refractivity (Wildman–Crippen MR) is 109 cm³/mol. The summed E-state index contributed by atoms with van der Waals surface area (Å²) in [5.74, 6) is 1.22. The standard InChI is InChI=1S/C19H23N7O3/c1-25-17-16(18(28)24-19(25)29)22-13(23-17)6-8-15(27)21-12-5-7-14(20-11-12)26-9-3-2-4-10-26/h5,7,11H,2-4,6,8-10H2,1H3,(H,21,27)(H,22,23)(H,24,28,29). The number of rotatable bonds is 5. The first-order valence-corrected chi connectivity index (χ1v) is 9.70. The van der Waals surface area contributed by atoms with Crippen LogP contribution < -0.4 is 21.5 Å². The summed E-state index contributed by atoms with van der Waals surface area (Å²) in [5, 5.41) is 2.82. The largest absolute Gasteiger partial charge is 0.357 e. The van der Waals surface area contributed by atoms with Crippen molar-refractivity contribution in [2.45, 2.75) is 32.1 Å². The van der Waals surface area contributed by atoms with Gasteiger partial charge in [-0.1, -0.05) is 0 Å². The number of nitrogens with one attached hydrogen (secondary N) is 3. The summed E-state index contributed by atoms with van der Waals surface area (Å²) in [6, 6.07) is 3.78. The zero-order chi connectivity index (χ0) is 20.4. The number of aryl methyl sites for hydroxylation is 2. The number of piperidine rings is 1. The van der Waals surface area contributed by atoms with Gasteiger partial charge in [0.05, 0.1) is 11.9 Å². The summed E-state index contributed by atoms with van der Waals surface area (Å²) < 4.78 is 1.26. The number of nitrogens with zero attached hydrogens (tertiary/aromatic N) is 4. The first-order chi connectivity index (χ1) is 14.0. The first-order valence-electron chi connectivity index (χ1n) is 9.70. The summed E-state index contributed by atoms with van der Waals surface area (Å²) in [7, 11) is 1.53. The molecule has 0 unspecified atom stereocenters. The molecule has 4 rings (SSSR count). The third-order valence-electron chi connectivity index (χ3n) is 5.10. The van der Waals surface area contributed by atoms with Gasteiger partial charge in [0.15, 0.2) is 5.65 Å². The average molecular weight is 397 g/mol. The van der Waals surface area contributed by atoms with E-state index in [-0.39, 0.29) is 23.5 Å². The Labute approximate surface area is 166 Å². The number of hydrogen-bond donors (Lipinski definition) is 3. The van der Waals surface area contributed by atoms with Crippen LogP contribution in [-0.4, -0.2) is 43.5 Å². The highest BCUT2D eigenvalue weighted by Crippen LogP contribution is 2.19. The fourth-order valence-corrected chi connectivity index (χ4v) is 3.50. The van der Waals surface area contributed by atoms with Crippen LogP contribution in [-0.2, 0) is 18.3 Å². The smallest absolute Gasteiger partial charge is 0.329 e. The van der Waals surface area contributed by atoms with Crippen molar-refractivity contribution in [1.29, 1.82) is 0 Å². The molecular weight excluding hydrogens is 374 g/mol. The normalized spacial score (nSPS) is 14.3. The number of fused-ring (bicyclic) bond motifs is 1. The molecule has 1 saturated heterocycles. The number of carbonyl (C=O) groups excluding carboxylic acids is 1. The van der Waals surface area contributed by atoms with Gasteiger partial charge in [-0.2, -0.15) is 0 Å². The molecule has 152 valence electrons. The second kappa shape index (κ2) is 7.90. The Morgan fingerprint density at radius 1 is 1.17 bits per heavy atom. The highest BCUT2D eigenvalue weighted by molar-refractivity contribution is 5.90. The summed E-state index contributed by atoms with van der Waals surface area (Å²) in [4.78, 5) is 51.8. The van der Waals surface area contributed by atoms with E-state index in [9.17, 15) is 14.4 Å². The van der Waals surface area contributed by atoms with Gasteiger partial charge in [0.1, 0.15) is 17.2 Å². The van der Waals surface area contributed by atoms with Gasteiger partial charge in [-0.05, 0) is 31.4 Å². The third-order valence-corrected chi connectivity index (χ3v) is 5.10. The molecule has 0 spiro atoms. The fraction of sp³-hybridized carbons (Fsp3) is 0.421. The molecule has 0 bridgehead atoms. The van der Waals surface area contributed by atoms with Gasteiger partial charge < -0.3 is 15.2 Å². The number of carbonyl (C=O) groups is 1. The molecule has 29 heavy (non-hydrogen) atoms. The lowest BCUT2D eigenvalue weighted by Gasteiger charge is -2.27. The second-order valence-corrected chi connectivity index (χ2v) is 7.20. The molecule has 1 aliphatic heterocycles. The van der Waals surface area contributed by atoms with Crippen LogP contribution in [0.5, 0.6) is 0 Å². The van der Waals surface area contributed by atoms with Gasteiger partial charge in [-0.15, -0.1) is 0 Å². The Hall–Kier alpha value is -3.43. The zero-order valence-corrected chi connectivity index (χ0v) is 16.2. The molecule has 0 atom stereocenters. The van der Waals surface area contributed by atoms with Crippen molar-refractivity contribution in [1.82, 2.24) is 24.5 Å². The molecule has 1 fully saturated rings. The molecule has 1 aliphatic rings. The van der Waals surface area contributed by atoms with E-state index in [0.29, 0.717) is 17.9 Å². The molecular formula is C19H23N7O3. The molecule has 3 N–H and O–H groups in total. The Morgan fingerprint density at radius 3 is 2.69 bits per heavy atom. The van der Waals surface area contributed by atoms with E-state index in [1.54, 1.807) is 6.20 Å². The Morgan fingerprint density at radius 2 is 1.97 bits per heavy atom. The van der Waals surface area contributed by atoms with Crippen LogP contribution in [0.2, 0.25) is 0 Å². The van der Waals surface area contributed by atoms with Crippen LogP contribution in [0.4, 0.5) is 11.5 Å². The van der Waals surface area contributed by atoms with E-state index < -0.39 is 11.2 Å². The third kappa shape index (κ3) is 4.05. The number of hydrogen-bond acceptors (Lipinski definition) is 6. The lowest BCUT2D eigenvalue weighted by atomic mass is 10.1. The highest BCUT2D eigenvalue weighted by Gasteiger charge is 2.14. The highest BCUT2D eigenvalue weighted by atomic mass is 16.2. The van der Waals surface area contributed by atoms with Crippen molar-refractivity contribution in [3.05, 3.63) is 45.0 Å². The monoisotopic (exact) mass is 397 g/mol.